The Hall–Kier alpha value is -1.80. The highest BCUT2D eigenvalue weighted by Crippen LogP contribution is 2.31. The van der Waals surface area contributed by atoms with Gasteiger partial charge in [-0.1, -0.05) is 25.1 Å². The van der Waals surface area contributed by atoms with E-state index in [-0.39, 0.29) is 5.92 Å². The van der Waals surface area contributed by atoms with Crippen LogP contribution in [0.3, 0.4) is 0 Å². The van der Waals surface area contributed by atoms with E-state index in [1.165, 1.54) is 12.1 Å². The van der Waals surface area contributed by atoms with Crippen molar-refractivity contribution in [2.45, 2.75) is 38.3 Å². The molecule has 0 saturated heterocycles. The number of hydrogen-bond acceptors (Lipinski definition) is 3. The lowest BCUT2D eigenvalue weighted by molar-refractivity contribution is -0.137. The van der Waals surface area contributed by atoms with Crippen LogP contribution in [-0.2, 0) is 15.7 Å². The second-order valence-electron chi connectivity index (χ2n) is 6.55. The summed E-state index contributed by atoms with van der Waals surface area (Å²) < 4.78 is 48.8. The summed E-state index contributed by atoms with van der Waals surface area (Å²) in [5, 5.41) is 6.43. The number of guanidine groups is 1. The summed E-state index contributed by atoms with van der Waals surface area (Å²) in [4.78, 5) is 4.16. The number of rotatable bonds is 12. The maximum Gasteiger partial charge on any atom is 0.416 e. The van der Waals surface area contributed by atoms with Gasteiger partial charge < -0.3 is 20.1 Å². The van der Waals surface area contributed by atoms with Crippen molar-refractivity contribution in [3.63, 3.8) is 0 Å². The third-order valence-electron chi connectivity index (χ3n) is 4.32. The van der Waals surface area contributed by atoms with Gasteiger partial charge in [-0.15, -0.1) is 0 Å². The van der Waals surface area contributed by atoms with E-state index < -0.39 is 11.7 Å². The second kappa shape index (κ2) is 13.4. The molecule has 1 aromatic rings. The lowest BCUT2D eigenvalue weighted by atomic mass is 9.96. The lowest BCUT2D eigenvalue weighted by Crippen LogP contribution is -2.38. The normalized spacial score (nSPS) is 13.4. The molecule has 160 valence electrons. The summed E-state index contributed by atoms with van der Waals surface area (Å²) in [6, 6.07) is 5.53. The van der Waals surface area contributed by atoms with Crippen LogP contribution in [0.1, 0.15) is 43.2 Å². The fourth-order valence-electron chi connectivity index (χ4n) is 2.60. The third-order valence-corrected chi connectivity index (χ3v) is 4.32. The first-order valence-corrected chi connectivity index (χ1v) is 9.56. The molecule has 0 radical (unpaired) electrons. The van der Waals surface area contributed by atoms with Gasteiger partial charge >= 0.3 is 6.18 Å². The number of unbranched alkanes of at least 4 members (excludes halogenated alkanes) is 1. The molecule has 0 heterocycles. The zero-order valence-corrected chi connectivity index (χ0v) is 16.9. The van der Waals surface area contributed by atoms with Gasteiger partial charge in [0.25, 0.3) is 0 Å². The van der Waals surface area contributed by atoms with Crippen molar-refractivity contribution in [1.29, 1.82) is 0 Å². The van der Waals surface area contributed by atoms with E-state index in [2.05, 4.69) is 15.6 Å². The largest absolute Gasteiger partial charge is 0.416 e. The summed E-state index contributed by atoms with van der Waals surface area (Å²) in [6.07, 6.45) is -1.71. The maximum atomic E-state index is 12.8. The zero-order valence-electron chi connectivity index (χ0n) is 16.9. The maximum absolute atomic E-state index is 12.8. The molecule has 1 rings (SSSR count). The van der Waals surface area contributed by atoms with Gasteiger partial charge in [0.2, 0.25) is 0 Å². The van der Waals surface area contributed by atoms with Crippen molar-refractivity contribution < 1.29 is 22.6 Å². The highest BCUT2D eigenvalue weighted by atomic mass is 19.4. The SMILES string of the molecule is CN=C(NCCCCOCCOC)NCCC(C)c1cccc(C(F)(F)F)c1. The van der Waals surface area contributed by atoms with Crippen LogP contribution in [0.15, 0.2) is 29.3 Å². The highest BCUT2D eigenvalue weighted by Gasteiger charge is 2.30. The first-order valence-electron chi connectivity index (χ1n) is 9.56. The molecule has 1 aromatic carbocycles. The molecule has 0 aromatic heterocycles. The van der Waals surface area contributed by atoms with Gasteiger partial charge in [-0.25, -0.2) is 0 Å². The molecule has 1 unspecified atom stereocenters. The van der Waals surface area contributed by atoms with Gasteiger partial charge in [0.05, 0.1) is 18.8 Å². The highest BCUT2D eigenvalue weighted by molar-refractivity contribution is 5.79. The summed E-state index contributed by atoms with van der Waals surface area (Å²) >= 11 is 0. The van der Waals surface area contributed by atoms with E-state index in [1.807, 2.05) is 6.92 Å². The van der Waals surface area contributed by atoms with Crippen LogP contribution >= 0.6 is 0 Å². The third kappa shape index (κ3) is 9.94. The van der Waals surface area contributed by atoms with Gasteiger partial charge in [0.15, 0.2) is 5.96 Å². The Bertz CT molecular complexity index is 580. The van der Waals surface area contributed by atoms with Crippen LogP contribution in [-0.4, -0.2) is 53.0 Å². The molecule has 0 fully saturated rings. The molecule has 0 aliphatic rings. The van der Waals surface area contributed by atoms with Crippen LogP contribution < -0.4 is 10.6 Å². The standard InChI is InChI=1S/C20H32F3N3O2/c1-16(17-7-6-8-18(15-17)20(21,22)23)9-11-26-19(24-2)25-10-4-5-12-28-14-13-27-3/h6-8,15-16H,4-5,9-14H2,1-3H3,(H2,24,25,26). The van der Waals surface area contributed by atoms with E-state index >= 15 is 0 Å². The number of halogens is 3. The lowest BCUT2D eigenvalue weighted by Gasteiger charge is -2.16. The van der Waals surface area contributed by atoms with E-state index in [0.717, 1.165) is 25.5 Å². The second-order valence-corrected chi connectivity index (χ2v) is 6.55. The van der Waals surface area contributed by atoms with Crippen LogP contribution in [0.4, 0.5) is 13.2 Å². The van der Waals surface area contributed by atoms with Gasteiger partial charge in [-0.05, 0) is 36.8 Å². The summed E-state index contributed by atoms with van der Waals surface area (Å²) in [7, 11) is 3.34. The molecule has 5 nitrogen and oxygen atoms in total. The number of methoxy groups -OCH3 is 1. The van der Waals surface area contributed by atoms with Crippen LogP contribution in [0.2, 0.25) is 0 Å². The smallest absolute Gasteiger partial charge is 0.382 e. The number of aliphatic imine (C=N–C) groups is 1. The fourth-order valence-corrected chi connectivity index (χ4v) is 2.60. The van der Waals surface area contributed by atoms with Crippen molar-refractivity contribution in [3.05, 3.63) is 35.4 Å². The molecular formula is C20H32F3N3O2. The summed E-state index contributed by atoms with van der Waals surface area (Å²) in [5.41, 5.74) is 0.0847. The molecule has 1 atom stereocenters. The average molecular weight is 403 g/mol. The predicted molar refractivity (Wildman–Crippen MR) is 106 cm³/mol. The Balaban J connectivity index is 2.26. The molecule has 0 bridgehead atoms. The summed E-state index contributed by atoms with van der Waals surface area (Å²) in [5.74, 6) is 0.702. The number of nitrogens with zero attached hydrogens (tertiary/aromatic N) is 1. The molecule has 28 heavy (non-hydrogen) atoms. The van der Waals surface area contributed by atoms with Crippen molar-refractivity contribution in [2.24, 2.45) is 4.99 Å². The minimum atomic E-state index is -4.31. The zero-order chi connectivity index (χ0) is 20.8. The Labute approximate surface area is 165 Å². The predicted octanol–water partition coefficient (Wildman–Crippen LogP) is 3.81. The van der Waals surface area contributed by atoms with E-state index in [0.29, 0.717) is 44.3 Å². The summed E-state index contributed by atoms with van der Waals surface area (Å²) in [6.45, 7) is 5.24. The van der Waals surface area contributed by atoms with E-state index in [1.54, 1.807) is 20.2 Å². The number of alkyl halides is 3. The van der Waals surface area contributed by atoms with Crippen LogP contribution in [0.25, 0.3) is 0 Å². The molecule has 0 aliphatic heterocycles. The van der Waals surface area contributed by atoms with Gasteiger partial charge in [-0.2, -0.15) is 13.2 Å². The van der Waals surface area contributed by atoms with Crippen LogP contribution in [0, 0.1) is 0 Å². The molecular weight excluding hydrogens is 371 g/mol. The van der Waals surface area contributed by atoms with Gasteiger partial charge in [-0.3, -0.25) is 4.99 Å². The number of hydrogen-bond donors (Lipinski definition) is 2. The van der Waals surface area contributed by atoms with E-state index in [4.69, 9.17) is 9.47 Å². The number of ether oxygens (including phenoxy) is 2. The molecule has 2 N–H and O–H groups in total. The first-order chi connectivity index (χ1) is 13.4. The molecule has 0 aliphatic carbocycles. The molecule has 8 heteroatoms. The Morgan fingerprint density at radius 2 is 1.86 bits per heavy atom. The minimum absolute atomic E-state index is 0.0113. The first kappa shape index (κ1) is 24.2. The van der Waals surface area contributed by atoms with E-state index in [9.17, 15) is 13.2 Å². The topological polar surface area (TPSA) is 54.9 Å². The quantitative estimate of drug-likeness (QED) is 0.317. The van der Waals surface area contributed by atoms with Crippen molar-refractivity contribution in [2.75, 3.05) is 47.1 Å². The average Bonchev–Trinajstić information content (AvgIpc) is 2.67. The van der Waals surface area contributed by atoms with Gasteiger partial charge in [0.1, 0.15) is 0 Å². The van der Waals surface area contributed by atoms with Crippen molar-refractivity contribution >= 4 is 5.96 Å². The van der Waals surface area contributed by atoms with Crippen LogP contribution in [0.5, 0.6) is 0 Å². The number of nitrogens with one attached hydrogen (secondary N) is 2. The Morgan fingerprint density at radius 1 is 1.11 bits per heavy atom. The Kier molecular flexibility index (Phi) is 11.6. The van der Waals surface area contributed by atoms with Crippen molar-refractivity contribution in [3.8, 4) is 0 Å². The fraction of sp³-hybridized carbons (Fsp3) is 0.650. The Morgan fingerprint density at radius 3 is 2.54 bits per heavy atom. The molecule has 0 spiro atoms. The van der Waals surface area contributed by atoms with Gasteiger partial charge in [0, 0.05) is 33.9 Å². The molecule has 0 saturated carbocycles. The molecule has 0 amide bonds. The van der Waals surface area contributed by atoms with Crippen molar-refractivity contribution in [1.82, 2.24) is 10.6 Å². The number of benzene rings is 1. The minimum Gasteiger partial charge on any atom is -0.382 e. The monoisotopic (exact) mass is 403 g/mol.